The molecule has 5 nitrogen and oxygen atoms in total. The summed E-state index contributed by atoms with van der Waals surface area (Å²) in [6.07, 6.45) is 0.667. The maximum Gasteiger partial charge on any atom is 0.274 e. The number of amides is 1. The van der Waals surface area contributed by atoms with E-state index in [-0.39, 0.29) is 11.9 Å². The number of hydrogen-bond donors (Lipinski definition) is 1. The molecule has 0 aliphatic carbocycles. The van der Waals surface area contributed by atoms with Crippen molar-refractivity contribution in [3.8, 4) is 10.4 Å². The van der Waals surface area contributed by atoms with Crippen molar-refractivity contribution >= 4 is 39.9 Å². The van der Waals surface area contributed by atoms with Crippen LogP contribution in [0.5, 0.6) is 0 Å². The van der Waals surface area contributed by atoms with E-state index in [2.05, 4.69) is 48.6 Å². The summed E-state index contributed by atoms with van der Waals surface area (Å²) in [5.41, 5.74) is 7.54. The van der Waals surface area contributed by atoms with Crippen molar-refractivity contribution in [1.29, 1.82) is 0 Å². The lowest BCUT2D eigenvalue weighted by molar-refractivity contribution is 0.0728. The summed E-state index contributed by atoms with van der Waals surface area (Å²) >= 11 is 7.86. The van der Waals surface area contributed by atoms with Gasteiger partial charge in [-0.25, -0.2) is 9.97 Å². The van der Waals surface area contributed by atoms with Crippen molar-refractivity contribution in [1.82, 2.24) is 19.9 Å². The Morgan fingerprint density at radius 2 is 1.88 bits per heavy atom. The standard InChI is InChI=1S/C26H25ClN4OS/c1-13-8-14(2)10-18(9-13)24-23(28-17(5)33-24)26(32)31-12-15(3)11-21(31)25-29-20-7-6-19(27)16(4)22(20)30-25/h6-10,21H,3,11-12H2,1-2,4-5H3,(H,29,30). The van der Waals surface area contributed by atoms with E-state index in [9.17, 15) is 4.79 Å². The summed E-state index contributed by atoms with van der Waals surface area (Å²) < 4.78 is 0. The number of aromatic amines is 1. The summed E-state index contributed by atoms with van der Waals surface area (Å²) in [7, 11) is 0. The lowest BCUT2D eigenvalue weighted by Crippen LogP contribution is -2.31. The van der Waals surface area contributed by atoms with Gasteiger partial charge in [0, 0.05) is 11.6 Å². The lowest BCUT2D eigenvalue weighted by atomic mass is 10.0. The van der Waals surface area contributed by atoms with Crippen LogP contribution in [-0.4, -0.2) is 32.3 Å². The van der Waals surface area contributed by atoms with E-state index < -0.39 is 0 Å². The van der Waals surface area contributed by atoms with Gasteiger partial charge in [0.2, 0.25) is 0 Å². The minimum atomic E-state index is -0.218. The van der Waals surface area contributed by atoms with Gasteiger partial charge in [0.25, 0.3) is 5.91 Å². The topological polar surface area (TPSA) is 61.9 Å². The normalized spacial score (nSPS) is 16.2. The molecule has 1 amide bonds. The average Bonchev–Trinajstić information content (AvgIpc) is 3.46. The number of hydrogen-bond acceptors (Lipinski definition) is 4. The second-order valence-corrected chi connectivity index (χ2v) is 10.5. The van der Waals surface area contributed by atoms with Gasteiger partial charge in [0.15, 0.2) is 0 Å². The van der Waals surface area contributed by atoms with Crippen LogP contribution in [0.3, 0.4) is 0 Å². The van der Waals surface area contributed by atoms with Crippen molar-refractivity contribution in [3.63, 3.8) is 0 Å². The Labute approximate surface area is 202 Å². The molecule has 0 bridgehead atoms. The third-order valence-corrected chi connectivity index (χ3v) is 7.54. The van der Waals surface area contributed by atoms with Crippen LogP contribution in [0.1, 0.15) is 50.5 Å². The number of aromatic nitrogens is 3. The molecule has 1 aliphatic rings. The Morgan fingerprint density at radius 1 is 1.15 bits per heavy atom. The number of halogens is 1. The molecular formula is C26H25ClN4OS. The van der Waals surface area contributed by atoms with Gasteiger partial charge in [-0.05, 0) is 57.4 Å². The summed E-state index contributed by atoms with van der Waals surface area (Å²) in [4.78, 5) is 29.5. The van der Waals surface area contributed by atoms with Gasteiger partial charge in [0.1, 0.15) is 11.5 Å². The van der Waals surface area contributed by atoms with E-state index in [1.165, 1.54) is 0 Å². The number of benzene rings is 2. The highest BCUT2D eigenvalue weighted by molar-refractivity contribution is 7.15. The van der Waals surface area contributed by atoms with E-state index >= 15 is 0 Å². The van der Waals surface area contributed by atoms with Crippen LogP contribution < -0.4 is 0 Å². The molecule has 0 spiro atoms. The van der Waals surface area contributed by atoms with Crippen LogP contribution in [-0.2, 0) is 0 Å². The number of carbonyl (C=O) groups is 1. The van der Waals surface area contributed by atoms with Gasteiger partial charge < -0.3 is 9.88 Å². The number of aryl methyl sites for hydroxylation is 4. The smallest absolute Gasteiger partial charge is 0.274 e. The Balaban J connectivity index is 1.56. The highest BCUT2D eigenvalue weighted by atomic mass is 35.5. The molecule has 1 unspecified atom stereocenters. The molecule has 1 saturated heterocycles. The molecule has 2 aromatic carbocycles. The Kier molecular flexibility index (Phi) is 5.38. The fourth-order valence-electron chi connectivity index (χ4n) is 4.63. The number of thiazole rings is 1. The van der Waals surface area contributed by atoms with Crippen LogP contribution in [0.15, 0.2) is 42.5 Å². The summed E-state index contributed by atoms with van der Waals surface area (Å²) in [6, 6.07) is 9.94. The number of nitrogens with one attached hydrogen (secondary N) is 1. The zero-order valence-corrected chi connectivity index (χ0v) is 20.7. The maximum atomic E-state index is 13.9. The Bertz CT molecular complexity index is 1410. The maximum absolute atomic E-state index is 13.9. The fourth-order valence-corrected chi connectivity index (χ4v) is 5.68. The van der Waals surface area contributed by atoms with E-state index in [4.69, 9.17) is 16.6 Å². The number of likely N-dealkylation sites (tertiary alicyclic amines) is 1. The quantitative estimate of drug-likeness (QED) is 0.334. The average molecular weight is 477 g/mol. The van der Waals surface area contributed by atoms with E-state index in [1.807, 2.05) is 30.9 Å². The van der Waals surface area contributed by atoms with E-state index in [0.717, 1.165) is 54.6 Å². The van der Waals surface area contributed by atoms with Crippen molar-refractivity contribution in [2.24, 2.45) is 0 Å². The van der Waals surface area contributed by atoms with Gasteiger partial charge in [0.05, 0.1) is 27.0 Å². The first-order valence-corrected chi connectivity index (χ1v) is 12.1. The number of nitrogens with zero attached hydrogens (tertiary/aromatic N) is 3. The SMILES string of the molecule is C=C1CC(c2nc3c(C)c(Cl)ccc3[nH]2)N(C(=O)c2nc(C)sc2-c2cc(C)cc(C)c2)C1. The molecule has 1 fully saturated rings. The van der Waals surface area contributed by atoms with Crippen LogP contribution >= 0.6 is 22.9 Å². The molecule has 1 N–H and O–H groups in total. The van der Waals surface area contributed by atoms with Crippen molar-refractivity contribution in [2.75, 3.05) is 6.54 Å². The third kappa shape index (κ3) is 3.87. The number of imidazole rings is 1. The zero-order valence-electron chi connectivity index (χ0n) is 19.1. The molecule has 168 valence electrons. The first-order valence-electron chi connectivity index (χ1n) is 10.9. The molecule has 7 heteroatoms. The van der Waals surface area contributed by atoms with Crippen molar-refractivity contribution in [3.05, 3.63) is 80.7 Å². The number of carbonyl (C=O) groups excluding carboxylic acids is 1. The first-order chi connectivity index (χ1) is 15.7. The molecule has 3 heterocycles. The molecule has 33 heavy (non-hydrogen) atoms. The van der Waals surface area contributed by atoms with E-state index in [0.29, 0.717) is 23.7 Å². The van der Waals surface area contributed by atoms with Crippen LogP contribution in [0, 0.1) is 27.7 Å². The molecule has 0 radical (unpaired) electrons. The number of H-pyrrole nitrogens is 1. The molecule has 1 atom stereocenters. The van der Waals surface area contributed by atoms with Gasteiger partial charge in [-0.3, -0.25) is 4.79 Å². The van der Waals surface area contributed by atoms with Crippen LogP contribution in [0.4, 0.5) is 0 Å². The molecule has 1 aliphatic heterocycles. The molecule has 5 rings (SSSR count). The summed E-state index contributed by atoms with van der Waals surface area (Å²) in [5, 5.41) is 1.55. The highest BCUT2D eigenvalue weighted by Crippen LogP contribution is 2.39. The zero-order chi connectivity index (χ0) is 23.4. The van der Waals surface area contributed by atoms with Crippen LogP contribution in [0.25, 0.3) is 21.5 Å². The molecular weight excluding hydrogens is 452 g/mol. The molecule has 0 saturated carbocycles. The van der Waals surface area contributed by atoms with E-state index in [1.54, 1.807) is 11.3 Å². The third-order valence-electron chi connectivity index (χ3n) is 6.11. The second-order valence-electron chi connectivity index (χ2n) is 8.88. The predicted octanol–water partition coefficient (Wildman–Crippen LogP) is 6.72. The van der Waals surface area contributed by atoms with Crippen molar-refractivity contribution < 1.29 is 4.79 Å². The molecule has 2 aromatic heterocycles. The minimum absolute atomic E-state index is 0.0904. The fraction of sp³-hybridized carbons (Fsp3) is 0.269. The van der Waals surface area contributed by atoms with Gasteiger partial charge in [-0.1, -0.05) is 53.1 Å². The van der Waals surface area contributed by atoms with Gasteiger partial charge >= 0.3 is 0 Å². The second kappa shape index (κ2) is 8.12. The number of fused-ring (bicyclic) bond motifs is 1. The van der Waals surface area contributed by atoms with Gasteiger partial charge in [-0.2, -0.15) is 0 Å². The van der Waals surface area contributed by atoms with Crippen molar-refractivity contribution in [2.45, 2.75) is 40.2 Å². The highest BCUT2D eigenvalue weighted by Gasteiger charge is 2.37. The Hall–Kier alpha value is -2.96. The summed E-state index contributed by atoms with van der Waals surface area (Å²) in [5.74, 6) is 0.662. The monoisotopic (exact) mass is 476 g/mol. The Morgan fingerprint density at radius 3 is 2.61 bits per heavy atom. The largest absolute Gasteiger partial charge is 0.340 e. The first kappa shape index (κ1) is 21.9. The van der Waals surface area contributed by atoms with Gasteiger partial charge in [-0.15, -0.1) is 11.3 Å². The molecule has 4 aromatic rings. The predicted molar refractivity (Wildman–Crippen MR) is 135 cm³/mol. The minimum Gasteiger partial charge on any atom is -0.340 e. The summed E-state index contributed by atoms with van der Waals surface area (Å²) in [6.45, 7) is 12.7. The number of rotatable bonds is 3. The lowest BCUT2D eigenvalue weighted by Gasteiger charge is -2.22. The van der Waals surface area contributed by atoms with Crippen LogP contribution in [0.2, 0.25) is 5.02 Å².